The number of nitrogens with zero attached hydrogens (tertiary/aromatic N) is 4. The molecule has 0 bridgehead atoms. The summed E-state index contributed by atoms with van der Waals surface area (Å²) in [5, 5.41) is 9.92. The Bertz CT molecular complexity index is 2820. The molecular weight excluding hydrogens is 931 g/mol. The number of anilines is 1. The highest BCUT2D eigenvalue weighted by molar-refractivity contribution is 7.91. The zero-order chi connectivity index (χ0) is 49.7. The number of rotatable bonds is 11. The van der Waals surface area contributed by atoms with E-state index in [1.54, 1.807) is 37.1 Å². The lowest BCUT2D eigenvalue weighted by Gasteiger charge is -2.35. The molecule has 70 heavy (non-hydrogen) atoms. The molecule has 374 valence electrons. The van der Waals surface area contributed by atoms with Crippen molar-refractivity contribution in [2.24, 2.45) is 5.92 Å². The van der Waals surface area contributed by atoms with Crippen molar-refractivity contribution in [3.8, 4) is 22.2 Å². The van der Waals surface area contributed by atoms with Gasteiger partial charge in [0.2, 0.25) is 21.8 Å². The first kappa shape index (κ1) is 49.4. The lowest BCUT2D eigenvalue weighted by atomic mass is 10.0. The molecular formula is C52H65N7O9S2. The molecule has 2 saturated heterocycles. The predicted molar refractivity (Wildman–Crippen MR) is 268 cm³/mol. The number of aromatic nitrogens is 2. The molecule has 0 radical (unpaired) electrons. The van der Waals surface area contributed by atoms with Crippen LogP contribution in [-0.2, 0) is 29.1 Å². The van der Waals surface area contributed by atoms with Crippen LogP contribution < -0.4 is 24.8 Å². The van der Waals surface area contributed by atoms with Crippen LogP contribution in [0.4, 0.5) is 5.69 Å². The van der Waals surface area contributed by atoms with Gasteiger partial charge in [-0.3, -0.25) is 23.9 Å². The van der Waals surface area contributed by atoms with Gasteiger partial charge in [-0.1, -0.05) is 44.9 Å². The normalized spacial score (nSPS) is 27.4. The fourth-order valence-corrected chi connectivity index (χ4v) is 12.3. The van der Waals surface area contributed by atoms with Crippen LogP contribution >= 0.6 is 11.3 Å². The second-order valence-corrected chi connectivity index (χ2v) is 23.5. The summed E-state index contributed by atoms with van der Waals surface area (Å²) in [6.07, 6.45) is 7.61. The Kier molecular flexibility index (Phi) is 13.8. The molecule has 2 aromatic carbocycles. The smallest absolute Gasteiger partial charge is 0.259 e. The zero-order valence-corrected chi connectivity index (χ0v) is 42.7. The van der Waals surface area contributed by atoms with Gasteiger partial charge in [0.05, 0.1) is 41.8 Å². The molecule has 4 aromatic rings. The van der Waals surface area contributed by atoms with E-state index in [4.69, 9.17) is 24.2 Å². The molecule has 0 spiro atoms. The number of hydrogen-bond acceptors (Lipinski definition) is 13. The van der Waals surface area contributed by atoms with Crippen molar-refractivity contribution in [2.45, 2.75) is 146 Å². The van der Waals surface area contributed by atoms with Gasteiger partial charge in [-0.25, -0.2) is 18.4 Å². The molecule has 4 amide bonds. The van der Waals surface area contributed by atoms with Crippen molar-refractivity contribution < 1.29 is 41.8 Å². The van der Waals surface area contributed by atoms with E-state index >= 15 is 4.79 Å². The van der Waals surface area contributed by atoms with E-state index in [1.807, 2.05) is 62.6 Å². The van der Waals surface area contributed by atoms with Gasteiger partial charge < -0.3 is 34.6 Å². The number of aryl methyl sites for hydroxylation is 1. The molecule has 4 fully saturated rings. The highest BCUT2D eigenvalue weighted by Gasteiger charge is 2.63. The molecule has 5 aliphatic rings. The Morgan fingerprint density at radius 1 is 1.00 bits per heavy atom. The number of benzene rings is 2. The Balaban J connectivity index is 1.06. The van der Waals surface area contributed by atoms with Crippen molar-refractivity contribution >= 4 is 61.6 Å². The maximum Gasteiger partial charge on any atom is 0.259 e. The first-order chi connectivity index (χ1) is 33.4. The lowest BCUT2D eigenvalue weighted by molar-refractivity contribution is -0.140. The van der Waals surface area contributed by atoms with Crippen LogP contribution in [0.15, 0.2) is 60.0 Å². The third kappa shape index (κ3) is 10.0. The van der Waals surface area contributed by atoms with E-state index in [-0.39, 0.29) is 49.3 Å². The summed E-state index contributed by atoms with van der Waals surface area (Å²) in [4.78, 5) is 71.6. The molecule has 2 unspecified atom stereocenters. The predicted octanol–water partition coefficient (Wildman–Crippen LogP) is 7.27. The second kappa shape index (κ2) is 19.5. The minimum absolute atomic E-state index is 0.0271. The van der Waals surface area contributed by atoms with Gasteiger partial charge >= 0.3 is 0 Å². The maximum atomic E-state index is 15.3. The number of morpholine rings is 1. The average molecular weight is 996 g/mol. The molecule has 3 N–H and O–H groups in total. The van der Waals surface area contributed by atoms with Crippen LogP contribution in [0.5, 0.6) is 11.5 Å². The molecule has 3 aliphatic heterocycles. The number of carbonyl (C=O) groups is 4. The van der Waals surface area contributed by atoms with E-state index in [9.17, 15) is 22.8 Å². The minimum atomic E-state index is -4.02. The summed E-state index contributed by atoms with van der Waals surface area (Å²) in [7, 11) is -2.41. The van der Waals surface area contributed by atoms with Crippen LogP contribution in [0.2, 0.25) is 0 Å². The fraction of sp³-hybridized carbons (Fsp3) is 0.538. The van der Waals surface area contributed by atoms with Gasteiger partial charge in [-0.15, -0.1) is 11.3 Å². The van der Waals surface area contributed by atoms with Crippen LogP contribution in [0.25, 0.3) is 21.6 Å². The zero-order valence-electron chi connectivity index (χ0n) is 41.1. The first-order valence-electron chi connectivity index (χ1n) is 24.7. The summed E-state index contributed by atoms with van der Waals surface area (Å²) >= 11 is 1.49. The molecule has 2 aromatic heterocycles. The number of thiazole rings is 1. The molecule has 2 aliphatic carbocycles. The third-order valence-electron chi connectivity index (χ3n) is 14.6. The molecule has 5 heterocycles. The average Bonchev–Trinajstić information content (AvgIpc) is 4.10. The maximum absolute atomic E-state index is 15.3. The van der Waals surface area contributed by atoms with Crippen molar-refractivity contribution in [1.82, 2.24) is 29.8 Å². The monoisotopic (exact) mass is 995 g/mol. The highest BCUT2D eigenvalue weighted by Crippen LogP contribution is 2.48. The lowest BCUT2D eigenvalue weighted by Crippen LogP contribution is -2.58. The minimum Gasteiger partial charge on any atom is -0.496 e. The largest absolute Gasteiger partial charge is 0.496 e. The molecule has 7 atom stereocenters. The van der Waals surface area contributed by atoms with Crippen molar-refractivity contribution in [1.29, 1.82) is 0 Å². The van der Waals surface area contributed by atoms with Gasteiger partial charge in [0, 0.05) is 59.1 Å². The highest BCUT2D eigenvalue weighted by atomic mass is 32.2. The van der Waals surface area contributed by atoms with Crippen LogP contribution in [0.3, 0.4) is 0 Å². The van der Waals surface area contributed by atoms with E-state index in [0.717, 1.165) is 29.1 Å². The molecule has 2 saturated carbocycles. The second-order valence-electron chi connectivity index (χ2n) is 20.5. The van der Waals surface area contributed by atoms with Crippen LogP contribution in [-0.4, -0.2) is 119 Å². The van der Waals surface area contributed by atoms with Gasteiger partial charge in [-0.2, -0.15) is 0 Å². The number of nitrogens with one attached hydrogen (secondary N) is 3. The van der Waals surface area contributed by atoms with Gasteiger partial charge in [0.25, 0.3) is 11.8 Å². The van der Waals surface area contributed by atoms with Gasteiger partial charge in [-0.05, 0) is 102 Å². The Hall–Kier alpha value is -5.59. The summed E-state index contributed by atoms with van der Waals surface area (Å²) in [6, 6.07) is 10.9. The number of amides is 4. The molecule has 16 nitrogen and oxygen atoms in total. The quantitative estimate of drug-likeness (QED) is 0.127. The number of carbonyl (C=O) groups excluding carboxylic acids is 4. The number of hydrogen-bond donors (Lipinski definition) is 3. The number of methoxy groups -OCH3 is 1. The van der Waals surface area contributed by atoms with E-state index in [0.29, 0.717) is 84.5 Å². The first-order valence-corrected chi connectivity index (χ1v) is 27.0. The van der Waals surface area contributed by atoms with Crippen LogP contribution in [0.1, 0.15) is 120 Å². The van der Waals surface area contributed by atoms with Crippen molar-refractivity contribution in [3.63, 3.8) is 0 Å². The van der Waals surface area contributed by atoms with Crippen LogP contribution in [0, 0.1) is 12.8 Å². The van der Waals surface area contributed by atoms with Crippen molar-refractivity contribution in [2.75, 3.05) is 32.1 Å². The molecule has 9 rings (SSSR count). The fourth-order valence-electron chi connectivity index (χ4n) is 10.1. The Morgan fingerprint density at radius 3 is 2.49 bits per heavy atom. The number of pyridine rings is 1. The summed E-state index contributed by atoms with van der Waals surface area (Å²) in [5.41, 5.74) is 2.55. The Labute approximate surface area is 414 Å². The topological polar surface area (TPSA) is 198 Å². The number of sulfonamides is 1. The Morgan fingerprint density at radius 2 is 1.77 bits per heavy atom. The third-order valence-corrected chi connectivity index (χ3v) is 17.7. The summed E-state index contributed by atoms with van der Waals surface area (Å²) in [5.74, 6) is -0.920. The van der Waals surface area contributed by atoms with Gasteiger partial charge in [0.15, 0.2) is 0 Å². The standard InChI is InChI=1S/C52H65N7O9S2/c1-30(2)41-29-69-47(55-41)40-24-44(38-18-19-43(66-7)33(5)45(38)54-40)68-37-23-42-46(60)56-52(50(63)57-70(64,65)51(6)20-21-51)25-35(52)15-11-9-8-10-12-17-39(49(62)59(42)28-37)53-36-16-13-14-34(22-36)48(61)58-26-31(3)67-32(4)27-58/h11,13-16,18-19,22,24,29-32,35,37,39,42,53H,8-10,12,17,20-21,23,25-28H2,1-7H3,(H,56,60)(H,57,63)/b15-11-/t31?,32?,35-,37-,39+,42+,52-/m1/s1. The van der Waals surface area contributed by atoms with E-state index < -0.39 is 56.2 Å². The van der Waals surface area contributed by atoms with Gasteiger partial charge in [0.1, 0.15) is 45.9 Å². The van der Waals surface area contributed by atoms with E-state index in [2.05, 4.69) is 29.2 Å². The summed E-state index contributed by atoms with van der Waals surface area (Å²) < 4.78 is 46.6. The number of ether oxygens (including phenoxy) is 3. The van der Waals surface area contributed by atoms with E-state index in [1.165, 1.54) is 16.2 Å². The number of allylic oxidation sites excluding steroid dienone is 1. The van der Waals surface area contributed by atoms with Crippen molar-refractivity contribution in [3.05, 3.63) is 76.8 Å². The number of fused-ring (bicyclic) bond motifs is 3. The summed E-state index contributed by atoms with van der Waals surface area (Å²) in [6.45, 7) is 12.6. The SMILES string of the molecule is COc1ccc2c(O[C@@H]3C[C@H]4C(=O)N[C@]5(C(=O)NS(=O)(=O)C6(C)CC6)C[C@H]5/C=C\CCCCC[C@H](Nc5cccc(C(=O)N6CC(C)OC(C)C6)c5)C(=O)N4C3)cc(-c3nc(C(C)C)cs3)nc2c1C. The molecule has 18 heteroatoms.